The Bertz CT molecular complexity index is 482. The van der Waals surface area contributed by atoms with Gasteiger partial charge in [0, 0.05) is 0 Å². The summed E-state index contributed by atoms with van der Waals surface area (Å²) in [5.41, 5.74) is 0. The zero-order valence-electron chi connectivity index (χ0n) is 13.1. The number of hydrogen-bond donors (Lipinski definition) is 2. The molecule has 122 valence electrons. The Hall–Kier alpha value is -1.44. The molecular formula is C15H24N3O3S+. The fraction of sp³-hybridized carbons (Fsp3) is 0.600. The molecule has 1 aromatic heterocycles. The minimum absolute atomic E-state index is 0.0295. The first-order chi connectivity index (χ1) is 10.6. The van der Waals surface area contributed by atoms with E-state index in [4.69, 9.17) is 9.47 Å². The van der Waals surface area contributed by atoms with Gasteiger partial charge in [0.05, 0.1) is 37.3 Å². The highest BCUT2D eigenvalue weighted by Gasteiger charge is 2.15. The molecule has 22 heavy (non-hydrogen) atoms. The second kappa shape index (κ2) is 8.87. The number of nitrogens with zero attached hydrogens (tertiary/aromatic N) is 1. The summed E-state index contributed by atoms with van der Waals surface area (Å²) < 4.78 is 10.9. The molecule has 0 atom stereocenters. The van der Waals surface area contributed by atoms with E-state index in [1.807, 2.05) is 25.3 Å². The molecule has 1 aromatic rings. The molecule has 2 rings (SSSR count). The number of carbonyl (C=O) groups excluding carboxylic acids is 1. The van der Waals surface area contributed by atoms with E-state index in [1.165, 1.54) is 16.2 Å². The molecule has 2 heterocycles. The quantitative estimate of drug-likeness (QED) is 0.599. The van der Waals surface area contributed by atoms with Crippen LogP contribution in [0.25, 0.3) is 0 Å². The van der Waals surface area contributed by atoms with E-state index >= 15 is 0 Å². The maximum Gasteiger partial charge on any atom is 0.292 e. The van der Waals surface area contributed by atoms with Gasteiger partial charge < -0.3 is 14.4 Å². The lowest BCUT2D eigenvalue weighted by atomic mass is 10.4. The minimum Gasteiger partial charge on any atom is -0.462 e. The summed E-state index contributed by atoms with van der Waals surface area (Å²) in [4.78, 5) is 18.6. The molecular weight excluding hydrogens is 302 g/mol. The predicted molar refractivity (Wildman–Crippen MR) is 86.7 cm³/mol. The fourth-order valence-electron chi connectivity index (χ4n) is 2.12. The molecule has 0 bridgehead atoms. The SMILES string of the molecule is CC(C)OC(=NCC[NH+]1CCOCC1)NC(=O)c1cccs1. The number of thiophene rings is 1. The number of ether oxygens (including phenoxy) is 2. The molecule has 1 aliphatic heterocycles. The van der Waals surface area contributed by atoms with Crippen molar-refractivity contribution in [2.24, 2.45) is 4.99 Å². The van der Waals surface area contributed by atoms with Crippen molar-refractivity contribution < 1.29 is 19.2 Å². The third-order valence-electron chi connectivity index (χ3n) is 3.23. The van der Waals surface area contributed by atoms with Gasteiger partial charge in [-0.15, -0.1) is 11.3 Å². The summed E-state index contributed by atoms with van der Waals surface area (Å²) in [7, 11) is 0. The normalized spacial score (nSPS) is 16.8. The second-order valence-electron chi connectivity index (χ2n) is 5.40. The lowest BCUT2D eigenvalue weighted by molar-refractivity contribution is -0.906. The van der Waals surface area contributed by atoms with Crippen LogP contribution in [0.3, 0.4) is 0 Å². The first kappa shape index (κ1) is 16.9. The topological polar surface area (TPSA) is 64.4 Å². The van der Waals surface area contributed by atoms with Gasteiger partial charge in [-0.25, -0.2) is 4.99 Å². The molecule has 0 radical (unpaired) electrons. The Kier molecular flexibility index (Phi) is 6.82. The van der Waals surface area contributed by atoms with Crippen molar-refractivity contribution in [3.8, 4) is 0 Å². The first-order valence-electron chi connectivity index (χ1n) is 7.62. The summed E-state index contributed by atoms with van der Waals surface area (Å²) in [5.74, 6) is -0.173. The van der Waals surface area contributed by atoms with E-state index in [2.05, 4.69) is 10.3 Å². The highest BCUT2D eigenvalue weighted by molar-refractivity contribution is 7.12. The summed E-state index contributed by atoms with van der Waals surface area (Å²) in [6.45, 7) is 9.02. The third kappa shape index (κ3) is 5.75. The van der Waals surface area contributed by atoms with Crippen LogP contribution in [-0.4, -0.2) is 57.4 Å². The third-order valence-corrected chi connectivity index (χ3v) is 4.10. The van der Waals surface area contributed by atoms with E-state index < -0.39 is 0 Å². The van der Waals surface area contributed by atoms with E-state index in [-0.39, 0.29) is 12.0 Å². The number of quaternary nitrogens is 1. The van der Waals surface area contributed by atoms with Gasteiger partial charge in [0.15, 0.2) is 0 Å². The summed E-state index contributed by atoms with van der Waals surface area (Å²) >= 11 is 1.40. The Morgan fingerprint density at radius 3 is 2.91 bits per heavy atom. The summed E-state index contributed by atoms with van der Waals surface area (Å²) in [6.07, 6.45) is -0.0295. The van der Waals surface area contributed by atoms with E-state index in [0.29, 0.717) is 17.4 Å². The van der Waals surface area contributed by atoms with Crippen molar-refractivity contribution in [2.45, 2.75) is 20.0 Å². The van der Waals surface area contributed by atoms with Crippen LogP contribution in [0.15, 0.2) is 22.5 Å². The van der Waals surface area contributed by atoms with Crippen molar-refractivity contribution in [3.63, 3.8) is 0 Å². The van der Waals surface area contributed by atoms with Gasteiger partial charge in [0.1, 0.15) is 13.1 Å². The van der Waals surface area contributed by atoms with Crippen molar-refractivity contribution in [1.82, 2.24) is 5.32 Å². The van der Waals surface area contributed by atoms with Crippen LogP contribution in [-0.2, 0) is 9.47 Å². The largest absolute Gasteiger partial charge is 0.462 e. The molecule has 0 aromatic carbocycles. The van der Waals surface area contributed by atoms with Gasteiger partial charge in [0.2, 0.25) is 0 Å². The van der Waals surface area contributed by atoms with Gasteiger partial charge >= 0.3 is 0 Å². The van der Waals surface area contributed by atoms with Crippen LogP contribution >= 0.6 is 11.3 Å². The monoisotopic (exact) mass is 326 g/mol. The number of morpholine rings is 1. The van der Waals surface area contributed by atoms with Gasteiger partial charge in [-0.1, -0.05) is 6.07 Å². The maximum absolute atomic E-state index is 12.1. The van der Waals surface area contributed by atoms with Crippen LogP contribution in [0, 0.1) is 0 Å². The van der Waals surface area contributed by atoms with Gasteiger partial charge in [0.25, 0.3) is 11.9 Å². The standard InChI is InChI=1S/C15H23N3O3S/c1-12(2)21-15(17-14(19)13-4-3-11-22-13)16-5-6-18-7-9-20-10-8-18/h3-4,11-12H,5-10H2,1-2H3,(H,16,17,19)/p+1. The highest BCUT2D eigenvalue weighted by Crippen LogP contribution is 2.07. The van der Waals surface area contributed by atoms with Crippen molar-refractivity contribution in [1.29, 1.82) is 0 Å². The molecule has 0 saturated carbocycles. The average molecular weight is 326 g/mol. The lowest BCUT2D eigenvalue weighted by Crippen LogP contribution is -3.14. The lowest BCUT2D eigenvalue weighted by Gasteiger charge is -2.23. The van der Waals surface area contributed by atoms with E-state index in [9.17, 15) is 4.79 Å². The Labute approximate surface area is 135 Å². The van der Waals surface area contributed by atoms with Crippen LogP contribution in [0.5, 0.6) is 0 Å². The predicted octanol–water partition coefficient (Wildman–Crippen LogP) is 0.174. The number of aliphatic imine (C=N–C) groups is 1. The fourth-order valence-corrected chi connectivity index (χ4v) is 2.74. The number of carbonyl (C=O) groups is 1. The maximum atomic E-state index is 12.1. The van der Waals surface area contributed by atoms with Crippen LogP contribution < -0.4 is 10.2 Å². The molecule has 1 saturated heterocycles. The number of rotatable bonds is 5. The van der Waals surface area contributed by atoms with Crippen LogP contribution in [0.2, 0.25) is 0 Å². The summed E-state index contributed by atoms with van der Waals surface area (Å²) in [5, 5.41) is 4.63. The smallest absolute Gasteiger partial charge is 0.292 e. The minimum atomic E-state index is -0.173. The number of amidine groups is 1. The molecule has 0 spiro atoms. The molecule has 2 N–H and O–H groups in total. The van der Waals surface area contributed by atoms with E-state index in [1.54, 1.807) is 6.07 Å². The molecule has 1 aliphatic rings. The zero-order valence-corrected chi connectivity index (χ0v) is 13.9. The Morgan fingerprint density at radius 1 is 1.50 bits per heavy atom. The van der Waals surface area contributed by atoms with Gasteiger partial charge in [-0.3, -0.25) is 10.1 Å². The first-order valence-corrected chi connectivity index (χ1v) is 8.50. The van der Waals surface area contributed by atoms with Crippen LogP contribution in [0.1, 0.15) is 23.5 Å². The molecule has 0 unspecified atom stereocenters. The molecule has 0 aliphatic carbocycles. The zero-order chi connectivity index (χ0) is 15.8. The van der Waals surface area contributed by atoms with Crippen molar-refractivity contribution in [2.75, 3.05) is 39.4 Å². The number of nitrogens with one attached hydrogen (secondary N) is 2. The van der Waals surface area contributed by atoms with E-state index in [0.717, 1.165) is 32.8 Å². The molecule has 7 heteroatoms. The molecule has 1 amide bonds. The highest BCUT2D eigenvalue weighted by atomic mass is 32.1. The van der Waals surface area contributed by atoms with Crippen molar-refractivity contribution >= 4 is 23.3 Å². The number of amides is 1. The summed E-state index contributed by atoms with van der Waals surface area (Å²) in [6, 6.07) is 3.94. The second-order valence-corrected chi connectivity index (χ2v) is 6.34. The van der Waals surface area contributed by atoms with Gasteiger partial charge in [-0.2, -0.15) is 0 Å². The van der Waals surface area contributed by atoms with Gasteiger partial charge in [-0.05, 0) is 25.3 Å². The van der Waals surface area contributed by atoms with Crippen LogP contribution in [0.4, 0.5) is 0 Å². The number of hydrogen-bond acceptors (Lipinski definition) is 5. The molecule has 6 nitrogen and oxygen atoms in total. The average Bonchev–Trinajstić information content (AvgIpc) is 3.02. The Morgan fingerprint density at radius 2 is 2.27 bits per heavy atom. The molecule has 1 fully saturated rings. The van der Waals surface area contributed by atoms with Crippen molar-refractivity contribution in [3.05, 3.63) is 22.4 Å². The Balaban J connectivity index is 1.87.